The quantitative estimate of drug-likeness (QED) is 0.173. The average molecular weight is 735 g/mol. The fourth-order valence-corrected chi connectivity index (χ4v) is 8.00. The summed E-state index contributed by atoms with van der Waals surface area (Å²) >= 11 is 0. The Kier molecular flexibility index (Phi) is 11.1. The number of carbonyl (C=O) groups excluding carboxylic acids is 4. The molecule has 0 bridgehead atoms. The Morgan fingerprint density at radius 2 is 1.79 bits per heavy atom. The molecular formula is C41H54N2O10. The predicted octanol–water partition coefficient (Wildman–Crippen LogP) is 4.53. The molecule has 0 spiro atoms. The normalized spacial score (nSPS) is 29.3. The van der Waals surface area contributed by atoms with Gasteiger partial charge in [0.15, 0.2) is 5.79 Å². The van der Waals surface area contributed by atoms with Crippen molar-refractivity contribution in [3.8, 4) is 0 Å². The first kappa shape index (κ1) is 37.7. The Hall–Kier alpha value is -3.58. The number of benzene rings is 1. The molecule has 7 rings (SSSR count). The lowest BCUT2D eigenvalue weighted by molar-refractivity contribution is -0.209. The SMILES string of the molecule is CC(C)(C)OC(=O)CC[C@@H](CO)NC(=O)CCNC(=O)C1=C[C@H]2OC(C3CC3)(C3CC3)O[C@H]2[C@H](OC(=O)c2cccc(C=CC3CCC4OC4C3)c2)C1. The van der Waals surface area contributed by atoms with E-state index in [4.69, 9.17) is 23.7 Å². The highest BCUT2D eigenvalue weighted by Crippen LogP contribution is 2.59. The molecule has 12 nitrogen and oxygen atoms in total. The number of ether oxygens (including phenoxy) is 5. The summed E-state index contributed by atoms with van der Waals surface area (Å²) in [6, 6.07) is 6.76. The van der Waals surface area contributed by atoms with E-state index in [1.165, 1.54) is 0 Å². The van der Waals surface area contributed by atoms with Crippen LogP contribution in [0.1, 0.15) is 107 Å². The van der Waals surface area contributed by atoms with E-state index in [-0.39, 0.29) is 62.5 Å². The number of aliphatic hydroxyl groups is 1. The molecular weight excluding hydrogens is 680 g/mol. The number of allylic oxidation sites excluding steroid dienone is 1. The van der Waals surface area contributed by atoms with Crippen LogP contribution in [-0.4, -0.2) is 90.0 Å². The first-order valence-corrected chi connectivity index (χ1v) is 19.5. The van der Waals surface area contributed by atoms with Crippen molar-refractivity contribution in [2.75, 3.05) is 13.2 Å². The molecule has 12 heteroatoms. The van der Waals surface area contributed by atoms with Gasteiger partial charge in [-0.05, 0) is 102 Å². The van der Waals surface area contributed by atoms with Crippen molar-refractivity contribution in [3.63, 3.8) is 0 Å². The maximum absolute atomic E-state index is 13.7. The molecule has 7 atom stereocenters. The zero-order valence-corrected chi connectivity index (χ0v) is 31.1. The van der Waals surface area contributed by atoms with E-state index >= 15 is 0 Å². The van der Waals surface area contributed by atoms with Gasteiger partial charge in [0.1, 0.15) is 23.9 Å². The molecule has 53 heavy (non-hydrogen) atoms. The lowest BCUT2D eigenvalue weighted by Gasteiger charge is -2.31. The Bertz CT molecular complexity index is 1600. The van der Waals surface area contributed by atoms with Crippen LogP contribution < -0.4 is 10.6 Å². The lowest BCUT2D eigenvalue weighted by atomic mass is 9.88. The fourth-order valence-electron chi connectivity index (χ4n) is 8.00. The summed E-state index contributed by atoms with van der Waals surface area (Å²) < 4.78 is 30.6. The second-order valence-electron chi connectivity index (χ2n) is 16.6. The molecule has 1 aromatic rings. The second-order valence-corrected chi connectivity index (χ2v) is 16.6. The van der Waals surface area contributed by atoms with Crippen LogP contribution in [0.5, 0.6) is 0 Å². The van der Waals surface area contributed by atoms with Gasteiger partial charge in [-0.2, -0.15) is 0 Å². The van der Waals surface area contributed by atoms with E-state index in [9.17, 15) is 24.3 Å². The van der Waals surface area contributed by atoms with Gasteiger partial charge in [0.25, 0.3) is 0 Å². The minimum Gasteiger partial charge on any atom is -0.460 e. The van der Waals surface area contributed by atoms with Crippen molar-refractivity contribution >= 4 is 29.8 Å². The zero-order chi connectivity index (χ0) is 37.3. The summed E-state index contributed by atoms with van der Waals surface area (Å²) in [7, 11) is 0. The van der Waals surface area contributed by atoms with Crippen LogP contribution >= 0.6 is 0 Å². The number of aliphatic hydroxyl groups excluding tert-OH is 1. The first-order valence-electron chi connectivity index (χ1n) is 19.5. The Balaban J connectivity index is 0.960. The molecule has 2 heterocycles. The Morgan fingerprint density at radius 3 is 2.49 bits per heavy atom. The molecule has 3 unspecified atom stereocenters. The number of esters is 2. The summed E-state index contributed by atoms with van der Waals surface area (Å²) in [5.74, 6) is -1.32. The van der Waals surface area contributed by atoms with Crippen LogP contribution in [0.2, 0.25) is 0 Å². The molecule has 288 valence electrons. The number of epoxide rings is 1. The minimum atomic E-state index is -0.746. The summed E-state index contributed by atoms with van der Waals surface area (Å²) in [5, 5.41) is 15.3. The molecule has 6 aliphatic rings. The number of fused-ring (bicyclic) bond motifs is 2. The van der Waals surface area contributed by atoms with Gasteiger partial charge < -0.3 is 39.4 Å². The van der Waals surface area contributed by atoms with Gasteiger partial charge in [0.05, 0.1) is 30.4 Å². The predicted molar refractivity (Wildman–Crippen MR) is 193 cm³/mol. The Morgan fingerprint density at radius 1 is 1.02 bits per heavy atom. The maximum Gasteiger partial charge on any atom is 0.338 e. The van der Waals surface area contributed by atoms with E-state index < -0.39 is 47.7 Å². The van der Waals surface area contributed by atoms with Crippen LogP contribution in [0, 0.1) is 17.8 Å². The van der Waals surface area contributed by atoms with E-state index in [2.05, 4.69) is 22.8 Å². The zero-order valence-electron chi connectivity index (χ0n) is 31.1. The number of carbonyl (C=O) groups is 4. The third-order valence-corrected chi connectivity index (χ3v) is 11.0. The molecule has 2 saturated heterocycles. The fraction of sp³-hybridized carbons (Fsp3) is 0.659. The number of rotatable bonds is 15. The molecule has 3 N–H and O–H groups in total. The second kappa shape index (κ2) is 15.6. The van der Waals surface area contributed by atoms with Crippen LogP contribution in [0.25, 0.3) is 6.08 Å². The number of amides is 2. The number of hydrogen-bond acceptors (Lipinski definition) is 10. The minimum absolute atomic E-state index is 0.0289. The van der Waals surface area contributed by atoms with Gasteiger partial charge in [-0.1, -0.05) is 24.3 Å². The molecule has 0 radical (unpaired) electrons. The third kappa shape index (κ3) is 9.57. The summed E-state index contributed by atoms with van der Waals surface area (Å²) in [5.41, 5.74) is 1.13. The highest BCUT2D eigenvalue weighted by atomic mass is 16.8. The van der Waals surface area contributed by atoms with Gasteiger partial charge in [0, 0.05) is 43.2 Å². The highest BCUT2D eigenvalue weighted by Gasteiger charge is 2.64. The smallest absolute Gasteiger partial charge is 0.338 e. The molecule has 4 aliphatic carbocycles. The van der Waals surface area contributed by atoms with Crippen LogP contribution in [0.4, 0.5) is 0 Å². The lowest BCUT2D eigenvalue weighted by Crippen LogP contribution is -2.44. The van der Waals surface area contributed by atoms with Crippen molar-refractivity contribution in [1.29, 1.82) is 0 Å². The molecule has 3 saturated carbocycles. The topological polar surface area (TPSA) is 162 Å². The van der Waals surface area contributed by atoms with Crippen molar-refractivity contribution in [2.24, 2.45) is 17.8 Å². The van der Waals surface area contributed by atoms with E-state index in [1.54, 1.807) is 32.9 Å². The standard InChI is InChI=1S/C41H54N2O10/c1-40(2,3)52-36(46)16-14-30(23-44)43-35(45)17-18-42-38(47)27-21-33(37-34(22-27)51-41(53-37,28-10-11-28)29-12-13-29)50-39(48)26-6-4-5-24(19-26)7-8-25-9-15-31-32(20-25)49-31/h4-8,19,22,25,28-34,37,44H,9-18,20-21,23H2,1-3H3,(H,42,47)(H,43,45)/t25?,30-,31?,32?,33+,34+,37-/m0/s1. The summed E-state index contributed by atoms with van der Waals surface area (Å²) in [4.78, 5) is 51.9. The van der Waals surface area contributed by atoms with Crippen molar-refractivity contribution in [3.05, 3.63) is 53.1 Å². The van der Waals surface area contributed by atoms with Gasteiger partial charge in [-0.15, -0.1) is 0 Å². The number of hydrogen-bond donors (Lipinski definition) is 3. The summed E-state index contributed by atoms with van der Waals surface area (Å²) in [6.07, 6.45) is 12.8. The maximum atomic E-state index is 13.7. The summed E-state index contributed by atoms with van der Waals surface area (Å²) in [6.45, 7) is 5.04. The molecule has 2 amide bonds. The first-order chi connectivity index (χ1) is 25.4. The van der Waals surface area contributed by atoms with Gasteiger partial charge in [-0.25, -0.2) is 4.79 Å². The third-order valence-electron chi connectivity index (χ3n) is 11.0. The van der Waals surface area contributed by atoms with Gasteiger partial charge >= 0.3 is 11.9 Å². The number of nitrogens with one attached hydrogen (secondary N) is 2. The molecule has 5 fully saturated rings. The van der Waals surface area contributed by atoms with Crippen LogP contribution in [0.15, 0.2) is 42.0 Å². The van der Waals surface area contributed by atoms with E-state index in [1.807, 2.05) is 18.2 Å². The van der Waals surface area contributed by atoms with Crippen molar-refractivity contribution < 1.29 is 48.0 Å². The highest BCUT2D eigenvalue weighted by molar-refractivity contribution is 5.94. The van der Waals surface area contributed by atoms with Crippen LogP contribution in [0.3, 0.4) is 0 Å². The van der Waals surface area contributed by atoms with Crippen LogP contribution in [-0.2, 0) is 38.1 Å². The average Bonchev–Trinajstić information content (AvgIpc) is 3.98. The molecule has 1 aromatic carbocycles. The molecule has 2 aliphatic heterocycles. The van der Waals surface area contributed by atoms with Crippen molar-refractivity contribution in [1.82, 2.24) is 10.6 Å². The largest absolute Gasteiger partial charge is 0.460 e. The van der Waals surface area contributed by atoms with E-state index in [0.717, 1.165) is 50.5 Å². The monoisotopic (exact) mass is 734 g/mol. The van der Waals surface area contributed by atoms with E-state index in [0.29, 0.717) is 29.3 Å². The molecule has 0 aromatic heterocycles. The Labute approximate surface area is 311 Å². The van der Waals surface area contributed by atoms with Crippen molar-refractivity contribution in [2.45, 2.75) is 139 Å². The van der Waals surface area contributed by atoms with Gasteiger partial charge in [0.2, 0.25) is 11.8 Å². The van der Waals surface area contributed by atoms with Gasteiger partial charge in [-0.3, -0.25) is 14.4 Å².